The highest BCUT2D eigenvalue weighted by Crippen LogP contribution is 2.38. The molecule has 6 saturated heterocycles. The van der Waals surface area contributed by atoms with Crippen molar-refractivity contribution in [3.8, 4) is 11.1 Å². The number of hydrogen-bond acceptors (Lipinski definition) is 19. The number of alkyl halides is 6. The van der Waals surface area contributed by atoms with Crippen molar-refractivity contribution in [2.75, 3.05) is 144 Å². The molecule has 0 aliphatic carbocycles. The normalized spacial score (nSPS) is 19.4. The molecule has 0 saturated carbocycles. The molecule has 23 nitrogen and oxygen atoms in total. The van der Waals surface area contributed by atoms with E-state index in [0.29, 0.717) is 73.5 Å². The number of likely N-dealkylation sites (tertiary alicyclic amines) is 2. The van der Waals surface area contributed by atoms with Gasteiger partial charge in [0.05, 0.1) is 43.1 Å². The number of urea groups is 2. The summed E-state index contributed by atoms with van der Waals surface area (Å²) in [6.07, 6.45) is -2.92. The number of amides is 4. The summed E-state index contributed by atoms with van der Waals surface area (Å²) in [6, 6.07) is 21.5. The molecule has 6 fully saturated rings. The van der Waals surface area contributed by atoms with Gasteiger partial charge in [-0.25, -0.2) is 24.5 Å². The smallest absolute Gasteiger partial charge is 0.399 e. The number of hydrogen-bond donors (Lipinski definition) is 8. The minimum atomic E-state index is -4.22. The van der Waals surface area contributed by atoms with Crippen molar-refractivity contribution in [3.63, 3.8) is 0 Å². The van der Waals surface area contributed by atoms with E-state index in [1.54, 1.807) is 30.3 Å². The average molecular weight is 1840 g/mol. The van der Waals surface area contributed by atoms with Crippen LogP contribution in [0.5, 0.6) is 0 Å². The maximum Gasteiger partial charge on any atom is 0.495 e. The number of nitrogen functional groups attached to an aromatic ring is 3. The minimum Gasteiger partial charge on any atom is -0.399 e. The standard InChI is InChI=1S/C24H30F3N5O2.C20H28BF3N2O3.C10H14IN3O.C5H4FIN2.C5H11NO.3C4H10O.ClH.H2S/c1-15-4-5-18(30-23(33)32-7-6-16(13-32)12-24(25,26)27)11-20(15)17-9-21(28)31-22(10-17)29-19-3-2-8-34-14-19;1-13-6-7-15(10-16(13)21-28-18(2,3)19(4,5)29-21)25-17(27)26-9-8-14(12-26)11-20(22,23)24;11-7-4-9(12)14-10(5-7)13-8-2-1-3-15-6-8;6-4-1-3(7)2-5(8)9-4;6-5-2-1-3-7-4-5;3*1-3-5-4-2;;/h4-5,9-11,16,19H,2-3,6-8,12-14H2,1H3,(H,30,33)(H3,28,29,31);6-7,10,14H,8-9,11-12H2,1-5H3,(H,25,27);4-5,8H,1-3,6H2,(H3,12,13,14);1-2H,(H2,8,9);5H,1-4,6H2;3*3-4H2,1-2H3;1H;1H2/t16-,19+;14-;8-;;5-;;;;;/m001.1...../s1. The predicted octanol–water partition coefficient (Wildman–Crippen LogP) is 16.2. The highest BCUT2D eigenvalue weighted by molar-refractivity contribution is 14.1. The first-order valence-electron chi connectivity index (χ1n) is 37.4. The number of anilines is 7. The van der Waals surface area contributed by atoms with Gasteiger partial charge in [-0.3, -0.25) is 0 Å². The fourth-order valence-corrected chi connectivity index (χ4v) is 12.9. The highest BCUT2D eigenvalue weighted by Gasteiger charge is 2.52. The van der Waals surface area contributed by atoms with Gasteiger partial charge in [-0.15, -0.1) is 12.4 Å². The van der Waals surface area contributed by atoms with Crippen LogP contribution in [0.2, 0.25) is 0 Å². The quantitative estimate of drug-likeness (QED) is 0.0197. The fraction of sp³-hybridized carbons (Fsp3) is 0.618. The number of nitrogens with two attached hydrogens (primary N) is 4. The number of nitrogens with one attached hydrogen (secondary N) is 4. The first-order valence-corrected chi connectivity index (χ1v) is 39.5. The van der Waals surface area contributed by atoms with Gasteiger partial charge in [0.1, 0.15) is 29.1 Å². The molecule has 2 aromatic carbocycles. The number of rotatable bonds is 16. The van der Waals surface area contributed by atoms with E-state index < -0.39 is 73.4 Å². The number of ether oxygens (including phenoxy) is 6. The first-order chi connectivity index (χ1) is 51.5. The molecule has 6 aliphatic heterocycles. The summed E-state index contributed by atoms with van der Waals surface area (Å²) < 4.78 is 133. The van der Waals surface area contributed by atoms with Gasteiger partial charge < -0.3 is 91.7 Å². The molecule has 35 heteroatoms. The van der Waals surface area contributed by atoms with Gasteiger partial charge in [-0.1, -0.05) is 17.7 Å². The fourth-order valence-electron chi connectivity index (χ4n) is 11.7. The van der Waals surface area contributed by atoms with E-state index in [2.05, 4.69) is 58.8 Å². The molecule has 111 heavy (non-hydrogen) atoms. The summed E-state index contributed by atoms with van der Waals surface area (Å²) in [5.41, 5.74) is 27.1. The molecule has 5 atom stereocenters. The summed E-state index contributed by atoms with van der Waals surface area (Å²) in [4.78, 5) is 40.0. The van der Waals surface area contributed by atoms with Crippen molar-refractivity contribution in [2.24, 2.45) is 17.6 Å². The lowest BCUT2D eigenvalue weighted by molar-refractivity contribution is -0.144. The summed E-state index contributed by atoms with van der Waals surface area (Å²) >= 11 is 4.21. The Kier molecular flexibility index (Phi) is 48.0. The Morgan fingerprint density at radius 2 is 0.973 bits per heavy atom. The van der Waals surface area contributed by atoms with Crippen LogP contribution < -0.4 is 49.7 Å². The monoisotopic (exact) mass is 1840 g/mol. The van der Waals surface area contributed by atoms with Crippen LogP contribution in [0.25, 0.3) is 11.1 Å². The Morgan fingerprint density at radius 3 is 1.34 bits per heavy atom. The summed E-state index contributed by atoms with van der Waals surface area (Å²) in [5, 5.41) is 12.3. The third-order valence-electron chi connectivity index (χ3n) is 17.9. The van der Waals surface area contributed by atoms with Crippen LogP contribution in [0.1, 0.15) is 145 Å². The van der Waals surface area contributed by atoms with E-state index in [0.717, 1.165) is 152 Å². The van der Waals surface area contributed by atoms with Crippen LogP contribution in [0.4, 0.5) is 80.8 Å². The van der Waals surface area contributed by atoms with Crippen molar-refractivity contribution in [2.45, 2.75) is 189 Å². The third-order valence-corrected chi connectivity index (χ3v) is 19.1. The minimum absolute atomic E-state index is 0. The predicted molar refractivity (Wildman–Crippen MR) is 454 cm³/mol. The molecule has 0 unspecified atom stereocenters. The lowest BCUT2D eigenvalue weighted by atomic mass is 9.76. The molecular formula is C76H120BClF7I2N13O10S. The van der Waals surface area contributed by atoms with Crippen LogP contribution in [-0.2, 0) is 37.7 Å². The van der Waals surface area contributed by atoms with E-state index in [1.165, 1.54) is 15.9 Å². The topological polar surface area (TPSA) is 305 Å². The van der Waals surface area contributed by atoms with Gasteiger partial charge in [0, 0.05) is 129 Å². The van der Waals surface area contributed by atoms with Crippen molar-refractivity contribution in [1.82, 2.24) is 24.8 Å². The molecule has 11 rings (SSSR count). The van der Waals surface area contributed by atoms with Gasteiger partial charge in [0.2, 0.25) is 5.95 Å². The molecule has 0 radical (unpaired) electrons. The molecule has 0 spiro atoms. The van der Waals surface area contributed by atoms with Crippen molar-refractivity contribution < 1.29 is 78.1 Å². The molecule has 5 aromatic rings. The largest absolute Gasteiger partial charge is 0.495 e. The van der Waals surface area contributed by atoms with Crippen LogP contribution in [0.3, 0.4) is 0 Å². The Bertz CT molecular complexity index is 3380. The second-order valence-electron chi connectivity index (χ2n) is 27.6. The SMILES string of the molecule is CCOCC.CCOCC.CCOCC.Cc1ccc(NC(=O)N2CC[C@@H](CC(F)(F)F)C2)cc1-c1cc(N)nc(N[C@@H]2CCCOC2)c1.Cc1ccc(NC(=O)N2CC[C@@H](CC(F)(F)F)C2)cc1B1OC(C)(C)C(C)(C)O1.Cl.N[C@@H]1CCCOC1.Nc1cc(I)cc(F)n1.Nc1cc(I)cc(N[C@@H]2CCCOC2)n1.S. The summed E-state index contributed by atoms with van der Waals surface area (Å²) in [5.74, 6) is 1.03. The van der Waals surface area contributed by atoms with E-state index in [-0.39, 0.29) is 50.9 Å². The van der Waals surface area contributed by atoms with Gasteiger partial charge in [0.15, 0.2) is 0 Å². The zero-order valence-electron chi connectivity index (χ0n) is 66.2. The number of nitrogens with zero attached hydrogens (tertiary/aromatic N) is 5. The molecule has 12 N–H and O–H groups in total. The van der Waals surface area contributed by atoms with Crippen molar-refractivity contribution in [3.05, 3.63) is 97.0 Å². The Hall–Kier alpha value is -5.26. The number of carbonyl (C=O) groups is 2. The number of aryl methyl sites for hydroxylation is 2. The Labute approximate surface area is 692 Å². The van der Waals surface area contributed by atoms with Gasteiger partial charge in [0.25, 0.3) is 0 Å². The van der Waals surface area contributed by atoms with Gasteiger partial charge >= 0.3 is 31.5 Å². The number of benzene rings is 2. The second kappa shape index (κ2) is 52.4. The third kappa shape index (κ3) is 40.3. The average Bonchev–Trinajstić information content (AvgIpc) is 1.63. The summed E-state index contributed by atoms with van der Waals surface area (Å²) in [7, 11) is -0.556. The Balaban J connectivity index is 0.000000483. The van der Waals surface area contributed by atoms with E-state index in [1.807, 2.05) is 142 Å². The number of pyridine rings is 3. The second-order valence-corrected chi connectivity index (χ2v) is 30.1. The molecule has 6 aliphatic rings. The van der Waals surface area contributed by atoms with Crippen molar-refractivity contribution in [1.29, 1.82) is 0 Å². The molecular weight excluding hydrogens is 1720 g/mol. The lowest BCUT2D eigenvalue weighted by Gasteiger charge is -2.32. The van der Waals surface area contributed by atoms with E-state index in [4.69, 9.17) is 60.7 Å². The zero-order chi connectivity index (χ0) is 80.9. The number of carbonyl (C=O) groups excluding carboxylic acids is 2. The highest BCUT2D eigenvalue weighted by atomic mass is 127. The molecule has 628 valence electrons. The number of aromatic nitrogens is 3. The summed E-state index contributed by atoms with van der Waals surface area (Å²) in [6.45, 7) is 34.3. The van der Waals surface area contributed by atoms with Crippen LogP contribution in [-0.4, -0.2) is 191 Å². The maximum absolute atomic E-state index is 12.7. The van der Waals surface area contributed by atoms with Crippen LogP contribution in [0.15, 0.2) is 72.8 Å². The van der Waals surface area contributed by atoms with Gasteiger partial charge in [-0.05, 0) is 268 Å². The first kappa shape index (κ1) is 102. The van der Waals surface area contributed by atoms with Crippen molar-refractivity contribution >= 4 is 136 Å². The van der Waals surface area contributed by atoms with E-state index in [9.17, 15) is 40.3 Å². The zero-order valence-corrected chi connectivity index (χ0v) is 72.3. The Morgan fingerprint density at radius 1 is 0.568 bits per heavy atom. The van der Waals surface area contributed by atoms with Gasteiger partial charge in [-0.2, -0.15) is 44.2 Å². The molecule has 9 heterocycles. The van der Waals surface area contributed by atoms with Crippen LogP contribution in [0, 0.1) is 38.8 Å². The molecule has 3 aromatic heterocycles. The van der Waals surface area contributed by atoms with E-state index >= 15 is 0 Å². The lowest BCUT2D eigenvalue weighted by Crippen LogP contribution is -2.41. The molecule has 0 bridgehead atoms. The van der Waals surface area contributed by atoms with Crippen LogP contribution >= 0.6 is 71.1 Å². The number of halogens is 10. The maximum atomic E-state index is 12.7. The molecule has 4 amide bonds.